The number of halogens is 3. The monoisotopic (exact) mass is 556 g/mol. The van der Waals surface area contributed by atoms with Gasteiger partial charge in [0.2, 0.25) is 0 Å². The number of thiazole rings is 1. The lowest BCUT2D eigenvalue weighted by molar-refractivity contribution is 0.209. The number of nitrogen functional groups attached to an aromatic ring is 1. The molecule has 1 fully saturated rings. The SMILES string of the molecule is CCn1cc(-c2csc(N)n2)c(=O)c2cc(F)c(N3CCN(C/C(=N/OC)c4ccc(F)cc4F)CC3)cc21. The molecule has 0 bridgehead atoms. The van der Waals surface area contributed by atoms with Crippen molar-refractivity contribution in [2.75, 3.05) is 50.5 Å². The number of hydrogen-bond acceptors (Lipinski definition) is 8. The summed E-state index contributed by atoms with van der Waals surface area (Å²) in [4.78, 5) is 26.4. The van der Waals surface area contributed by atoms with Crippen LogP contribution < -0.4 is 16.1 Å². The van der Waals surface area contributed by atoms with Gasteiger partial charge in [0.05, 0.1) is 22.5 Å². The minimum atomic E-state index is -0.717. The smallest absolute Gasteiger partial charge is 0.198 e. The lowest BCUT2D eigenvalue weighted by atomic mass is 10.1. The highest BCUT2D eigenvalue weighted by molar-refractivity contribution is 7.13. The van der Waals surface area contributed by atoms with Gasteiger partial charge in [-0.15, -0.1) is 11.3 Å². The summed E-state index contributed by atoms with van der Waals surface area (Å²) in [6.07, 6.45) is 1.74. The highest BCUT2D eigenvalue weighted by Gasteiger charge is 2.24. The first-order valence-corrected chi connectivity index (χ1v) is 13.3. The average molecular weight is 557 g/mol. The number of fused-ring (bicyclic) bond motifs is 1. The molecule has 0 unspecified atom stereocenters. The van der Waals surface area contributed by atoms with Crippen LogP contribution in [0.5, 0.6) is 0 Å². The summed E-state index contributed by atoms with van der Waals surface area (Å²) < 4.78 is 45.1. The van der Waals surface area contributed by atoms with Crippen molar-refractivity contribution in [3.63, 3.8) is 0 Å². The van der Waals surface area contributed by atoms with Gasteiger partial charge in [-0.3, -0.25) is 9.69 Å². The molecule has 204 valence electrons. The van der Waals surface area contributed by atoms with Crippen LogP contribution in [0.4, 0.5) is 24.0 Å². The third kappa shape index (κ3) is 5.34. The molecule has 1 aliphatic rings. The number of aromatic nitrogens is 2. The van der Waals surface area contributed by atoms with Gasteiger partial charge in [-0.25, -0.2) is 18.2 Å². The second-order valence-corrected chi connectivity index (χ2v) is 10.0. The number of rotatable bonds is 7. The zero-order chi connectivity index (χ0) is 27.7. The second kappa shape index (κ2) is 11.1. The summed E-state index contributed by atoms with van der Waals surface area (Å²) in [5.74, 6) is -1.87. The first-order chi connectivity index (χ1) is 18.8. The molecule has 5 rings (SSSR count). The Morgan fingerprint density at radius 2 is 1.90 bits per heavy atom. The molecule has 0 saturated carbocycles. The van der Waals surface area contributed by atoms with Gasteiger partial charge in [0, 0.05) is 67.9 Å². The number of aryl methyl sites for hydroxylation is 1. The molecule has 2 aromatic carbocycles. The Labute approximate surface area is 226 Å². The van der Waals surface area contributed by atoms with Gasteiger partial charge in [0.25, 0.3) is 0 Å². The highest BCUT2D eigenvalue weighted by Crippen LogP contribution is 2.29. The summed E-state index contributed by atoms with van der Waals surface area (Å²) in [7, 11) is 1.37. The summed E-state index contributed by atoms with van der Waals surface area (Å²) in [6, 6.07) is 6.34. The van der Waals surface area contributed by atoms with E-state index in [1.165, 1.54) is 36.6 Å². The molecule has 2 N–H and O–H groups in total. The molecule has 0 spiro atoms. The third-order valence-corrected chi connectivity index (χ3v) is 7.49. The molecule has 0 amide bonds. The molecule has 1 aliphatic heterocycles. The summed E-state index contributed by atoms with van der Waals surface area (Å²) in [5.41, 5.74) is 7.86. The second-order valence-electron chi connectivity index (χ2n) is 9.16. The number of hydrogen-bond donors (Lipinski definition) is 1. The largest absolute Gasteiger partial charge is 0.399 e. The molecule has 1 saturated heterocycles. The van der Waals surface area contributed by atoms with Gasteiger partial charge in [-0.1, -0.05) is 5.16 Å². The van der Waals surface area contributed by atoms with Crippen LogP contribution in [0.15, 0.2) is 51.9 Å². The molecule has 4 aromatic rings. The van der Waals surface area contributed by atoms with Crippen LogP contribution in [0, 0.1) is 17.5 Å². The van der Waals surface area contributed by atoms with Gasteiger partial charge in [-0.05, 0) is 31.2 Å². The van der Waals surface area contributed by atoms with Crippen LogP contribution in [0.1, 0.15) is 12.5 Å². The Morgan fingerprint density at radius 3 is 2.54 bits per heavy atom. The Kier molecular flexibility index (Phi) is 7.58. The zero-order valence-electron chi connectivity index (χ0n) is 21.5. The number of piperazine rings is 1. The molecule has 2 aromatic heterocycles. The van der Waals surface area contributed by atoms with E-state index >= 15 is 4.39 Å². The van der Waals surface area contributed by atoms with Crippen molar-refractivity contribution in [1.29, 1.82) is 0 Å². The minimum Gasteiger partial charge on any atom is -0.399 e. The van der Waals surface area contributed by atoms with E-state index in [4.69, 9.17) is 10.6 Å². The predicted octanol–water partition coefficient (Wildman–Crippen LogP) is 4.32. The molecule has 12 heteroatoms. The van der Waals surface area contributed by atoms with Gasteiger partial charge in [-0.2, -0.15) is 0 Å². The van der Waals surface area contributed by atoms with E-state index in [1.807, 2.05) is 21.3 Å². The van der Waals surface area contributed by atoms with Gasteiger partial charge in [0.1, 0.15) is 30.3 Å². The number of nitrogens with two attached hydrogens (primary N) is 1. The molecule has 8 nitrogen and oxygen atoms in total. The van der Waals surface area contributed by atoms with Crippen LogP contribution >= 0.6 is 11.3 Å². The van der Waals surface area contributed by atoms with E-state index in [2.05, 4.69) is 10.1 Å². The average Bonchev–Trinajstić information content (AvgIpc) is 3.35. The summed E-state index contributed by atoms with van der Waals surface area (Å²) >= 11 is 1.24. The van der Waals surface area contributed by atoms with E-state index in [0.29, 0.717) is 66.0 Å². The minimum absolute atomic E-state index is 0.165. The van der Waals surface area contributed by atoms with Gasteiger partial charge in [0.15, 0.2) is 10.6 Å². The Hall–Kier alpha value is -3.90. The number of pyridine rings is 1. The molecular formula is C27H27F3N6O2S. The van der Waals surface area contributed by atoms with Gasteiger partial charge < -0.3 is 20.0 Å². The van der Waals surface area contributed by atoms with Crippen LogP contribution in [-0.4, -0.2) is 60.0 Å². The van der Waals surface area contributed by atoms with E-state index < -0.39 is 17.5 Å². The lowest BCUT2D eigenvalue weighted by Crippen LogP contribution is -2.48. The fourth-order valence-electron chi connectivity index (χ4n) is 4.85. The van der Waals surface area contributed by atoms with Crippen molar-refractivity contribution in [1.82, 2.24) is 14.5 Å². The Morgan fingerprint density at radius 1 is 1.13 bits per heavy atom. The van der Waals surface area contributed by atoms with Crippen molar-refractivity contribution in [3.05, 3.63) is 75.1 Å². The van der Waals surface area contributed by atoms with Crippen LogP contribution in [0.3, 0.4) is 0 Å². The quantitative estimate of drug-likeness (QED) is 0.270. The maximum atomic E-state index is 15.4. The number of nitrogens with zero attached hydrogens (tertiary/aromatic N) is 5. The van der Waals surface area contributed by atoms with E-state index in [1.54, 1.807) is 17.6 Å². The fourth-order valence-corrected chi connectivity index (χ4v) is 5.42. The first kappa shape index (κ1) is 26.7. The Balaban J connectivity index is 1.38. The molecule has 39 heavy (non-hydrogen) atoms. The molecule has 0 aliphatic carbocycles. The highest BCUT2D eigenvalue weighted by atomic mass is 32.1. The number of benzene rings is 2. The maximum Gasteiger partial charge on any atom is 0.198 e. The molecule has 0 atom stereocenters. The van der Waals surface area contributed by atoms with Crippen molar-refractivity contribution in [2.45, 2.75) is 13.5 Å². The first-order valence-electron chi connectivity index (χ1n) is 12.4. The Bertz CT molecular complexity index is 1610. The van der Waals surface area contributed by atoms with E-state index in [0.717, 1.165) is 6.07 Å². The molecule has 0 radical (unpaired) electrons. The zero-order valence-corrected chi connectivity index (χ0v) is 22.3. The summed E-state index contributed by atoms with van der Waals surface area (Å²) in [6.45, 7) is 4.91. The molecule has 3 heterocycles. The van der Waals surface area contributed by atoms with Crippen LogP contribution in [-0.2, 0) is 11.4 Å². The van der Waals surface area contributed by atoms with Crippen molar-refractivity contribution in [2.24, 2.45) is 5.16 Å². The standard InChI is InChI=1S/C27H27F3N6O2S/c1-3-35-13-19(23-15-39-27(31)32-23)26(37)18-11-21(30)25(12-24(18)35)36-8-6-34(7-9-36)14-22(33-38-2)17-5-4-16(28)10-20(17)29/h4-5,10-13,15H,3,6-9,14H2,1-2H3,(H2,31,32)/b33-22-. The molecular weight excluding hydrogens is 529 g/mol. The maximum absolute atomic E-state index is 15.4. The van der Waals surface area contributed by atoms with Crippen molar-refractivity contribution >= 4 is 38.8 Å². The predicted molar refractivity (Wildman–Crippen MR) is 148 cm³/mol. The number of oxime groups is 1. The topological polar surface area (TPSA) is 89.0 Å². The normalized spacial score (nSPS) is 14.8. The summed E-state index contributed by atoms with van der Waals surface area (Å²) in [5, 5.41) is 6.31. The van der Waals surface area contributed by atoms with Crippen molar-refractivity contribution in [3.8, 4) is 11.3 Å². The number of anilines is 2. The van der Waals surface area contributed by atoms with E-state index in [-0.39, 0.29) is 22.9 Å². The lowest BCUT2D eigenvalue weighted by Gasteiger charge is -2.36. The van der Waals surface area contributed by atoms with Gasteiger partial charge >= 0.3 is 0 Å². The van der Waals surface area contributed by atoms with Crippen molar-refractivity contribution < 1.29 is 18.0 Å². The fraction of sp³-hybridized carbons (Fsp3) is 0.296. The van der Waals surface area contributed by atoms with Crippen LogP contribution in [0.25, 0.3) is 22.2 Å². The van der Waals surface area contributed by atoms with Crippen LogP contribution in [0.2, 0.25) is 0 Å². The van der Waals surface area contributed by atoms with E-state index in [9.17, 15) is 13.6 Å². The third-order valence-electron chi connectivity index (χ3n) is 6.82.